The number of likely N-dealkylation sites (tertiary alicyclic amines) is 1. The van der Waals surface area contributed by atoms with Crippen LogP contribution in [-0.2, 0) is 16.1 Å². The van der Waals surface area contributed by atoms with Crippen LogP contribution in [0.5, 0.6) is 5.75 Å². The zero-order chi connectivity index (χ0) is 22.0. The van der Waals surface area contributed by atoms with Gasteiger partial charge in [0.05, 0.1) is 19.2 Å². The number of para-hydroxylation sites is 1. The molecule has 7 nitrogen and oxygen atoms in total. The number of nitrogens with zero attached hydrogens (tertiary/aromatic N) is 4. The number of benzene rings is 1. The second-order valence-corrected chi connectivity index (χ2v) is 8.12. The minimum Gasteiger partial charge on any atom is -0.496 e. The van der Waals surface area contributed by atoms with E-state index in [0.717, 1.165) is 31.5 Å². The molecule has 4 rings (SSSR count). The van der Waals surface area contributed by atoms with Crippen molar-refractivity contribution in [2.45, 2.75) is 25.4 Å². The smallest absolute Gasteiger partial charge is 0.278 e. The van der Waals surface area contributed by atoms with Gasteiger partial charge in [-0.05, 0) is 56.7 Å². The zero-order valence-electron chi connectivity index (χ0n) is 18.2. The number of piperidine rings is 1. The van der Waals surface area contributed by atoms with E-state index in [1.807, 2.05) is 48.3 Å². The molecule has 1 fully saturated rings. The van der Waals surface area contributed by atoms with Crippen molar-refractivity contribution < 1.29 is 14.3 Å². The van der Waals surface area contributed by atoms with Crippen LogP contribution in [0.3, 0.4) is 0 Å². The summed E-state index contributed by atoms with van der Waals surface area (Å²) in [6.45, 7) is 2.15. The topological polar surface area (TPSA) is 66.0 Å². The SMILES string of the molecule is COc1ccccc1C1=C(N(C)C2CCN(C)CC2)C(=O)N(Cc2ccncc2)C1=O. The maximum Gasteiger partial charge on any atom is 0.278 e. The summed E-state index contributed by atoms with van der Waals surface area (Å²) < 4.78 is 5.53. The first-order chi connectivity index (χ1) is 15.0. The van der Waals surface area contributed by atoms with Crippen LogP contribution < -0.4 is 4.74 Å². The number of rotatable bonds is 6. The highest BCUT2D eigenvalue weighted by molar-refractivity contribution is 6.35. The number of ether oxygens (including phenoxy) is 1. The summed E-state index contributed by atoms with van der Waals surface area (Å²) in [7, 11) is 5.62. The summed E-state index contributed by atoms with van der Waals surface area (Å²) in [4.78, 5) is 36.8. The largest absolute Gasteiger partial charge is 0.496 e. The molecule has 0 aliphatic carbocycles. The second kappa shape index (κ2) is 8.89. The molecule has 0 bridgehead atoms. The number of aromatic nitrogens is 1. The fourth-order valence-corrected chi connectivity index (χ4v) is 4.36. The van der Waals surface area contributed by atoms with Crippen molar-refractivity contribution in [3.63, 3.8) is 0 Å². The first-order valence-corrected chi connectivity index (χ1v) is 10.6. The Morgan fingerprint density at radius 2 is 1.74 bits per heavy atom. The van der Waals surface area contributed by atoms with Gasteiger partial charge in [-0.1, -0.05) is 18.2 Å². The number of likely N-dealkylation sites (N-methyl/N-ethyl adjacent to an activating group) is 1. The van der Waals surface area contributed by atoms with E-state index >= 15 is 0 Å². The fourth-order valence-electron chi connectivity index (χ4n) is 4.36. The minimum absolute atomic E-state index is 0.202. The summed E-state index contributed by atoms with van der Waals surface area (Å²) in [5.41, 5.74) is 2.38. The van der Waals surface area contributed by atoms with Gasteiger partial charge in [-0.3, -0.25) is 19.5 Å². The summed E-state index contributed by atoms with van der Waals surface area (Å²) in [6.07, 6.45) is 5.23. The van der Waals surface area contributed by atoms with Crippen molar-refractivity contribution in [1.82, 2.24) is 19.7 Å². The van der Waals surface area contributed by atoms with Crippen LogP contribution in [0.25, 0.3) is 5.57 Å². The Kier molecular flexibility index (Phi) is 6.04. The minimum atomic E-state index is -0.291. The monoisotopic (exact) mass is 420 g/mol. The van der Waals surface area contributed by atoms with Gasteiger partial charge < -0.3 is 14.5 Å². The van der Waals surface area contributed by atoms with Gasteiger partial charge in [-0.25, -0.2) is 0 Å². The number of pyridine rings is 1. The molecule has 1 aromatic carbocycles. The Labute approximate surface area is 182 Å². The van der Waals surface area contributed by atoms with E-state index < -0.39 is 0 Å². The molecule has 0 unspecified atom stereocenters. The average Bonchev–Trinajstić information content (AvgIpc) is 3.04. The number of amides is 2. The third-order valence-electron chi connectivity index (χ3n) is 6.20. The highest BCUT2D eigenvalue weighted by Crippen LogP contribution is 2.37. The van der Waals surface area contributed by atoms with Crippen LogP contribution >= 0.6 is 0 Å². The van der Waals surface area contributed by atoms with Gasteiger partial charge in [0.2, 0.25) is 0 Å². The highest BCUT2D eigenvalue weighted by atomic mass is 16.5. The van der Waals surface area contributed by atoms with Gasteiger partial charge in [0.25, 0.3) is 11.8 Å². The standard InChI is InChI=1S/C24H28N4O3/c1-26-14-10-18(11-15-26)27(2)22-21(19-6-4-5-7-20(19)31-3)23(29)28(24(22)30)16-17-8-12-25-13-9-17/h4-9,12-13,18H,10-11,14-16H2,1-3H3. The highest BCUT2D eigenvalue weighted by Gasteiger charge is 2.43. The average molecular weight is 421 g/mol. The molecule has 0 radical (unpaired) electrons. The van der Waals surface area contributed by atoms with Crippen molar-refractivity contribution in [3.8, 4) is 5.75 Å². The van der Waals surface area contributed by atoms with Crippen LogP contribution in [-0.4, -0.2) is 71.8 Å². The molecule has 0 spiro atoms. The van der Waals surface area contributed by atoms with Crippen LogP contribution in [0.4, 0.5) is 0 Å². The van der Waals surface area contributed by atoms with Gasteiger partial charge in [-0.2, -0.15) is 0 Å². The van der Waals surface area contributed by atoms with Gasteiger partial charge in [0.1, 0.15) is 11.4 Å². The van der Waals surface area contributed by atoms with Crippen LogP contribution in [0.1, 0.15) is 24.0 Å². The zero-order valence-corrected chi connectivity index (χ0v) is 18.2. The number of hydrogen-bond acceptors (Lipinski definition) is 6. The van der Waals surface area contributed by atoms with Gasteiger partial charge in [0, 0.05) is 31.0 Å². The van der Waals surface area contributed by atoms with E-state index in [4.69, 9.17) is 4.74 Å². The lowest BCUT2D eigenvalue weighted by Gasteiger charge is -2.36. The quantitative estimate of drug-likeness (QED) is 0.669. The molecular formula is C24H28N4O3. The van der Waals surface area contributed by atoms with E-state index in [1.54, 1.807) is 19.5 Å². The Hall–Kier alpha value is -3.19. The number of methoxy groups -OCH3 is 1. The lowest BCUT2D eigenvalue weighted by molar-refractivity contribution is -0.138. The van der Waals surface area contributed by atoms with Gasteiger partial charge in [0.15, 0.2) is 0 Å². The first-order valence-electron chi connectivity index (χ1n) is 10.6. The molecule has 2 aromatic rings. The molecule has 162 valence electrons. The lowest BCUT2D eigenvalue weighted by Crippen LogP contribution is -2.43. The molecule has 0 atom stereocenters. The van der Waals surface area contributed by atoms with Crippen molar-refractivity contribution in [2.75, 3.05) is 34.3 Å². The van der Waals surface area contributed by atoms with Crippen molar-refractivity contribution >= 4 is 17.4 Å². The molecule has 2 aliphatic rings. The molecule has 0 N–H and O–H groups in total. The van der Waals surface area contributed by atoms with Crippen LogP contribution in [0.15, 0.2) is 54.5 Å². The molecule has 3 heterocycles. The number of imide groups is 1. The number of carbonyl (C=O) groups excluding carboxylic acids is 2. The Bertz CT molecular complexity index is 997. The van der Waals surface area contributed by atoms with Crippen molar-refractivity contribution in [2.24, 2.45) is 0 Å². The predicted molar refractivity (Wildman–Crippen MR) is 118 cm³/mol. The van der Waals surface area contributed by atoms with Crippen molar-refractivity contribution in [3.05, 3.63) is 65.6 Å². The Morgan fingerprint density at radius 1 is 1.06 bits per heavy atom. The summed E-state index contributed by atoms with van der Waals surface area (Å²) in [5, 5.41) is 0. The second-order valence-electron chi connectivity index (χ2n) is 8.12. The number of carbonyl (C=O) groups is 2. The van der Waals surface area contributed by atoms with E-state index in [9.17, 15) is 9.59 Å². The molecular weight excluding hydrogens is 392 g/mol. The third-order valence-corrected chi connectivity index (χ3v) is 6.20. The van der Waals surface area contributed by atoms with Gasteiger partial charge >= 0.3 is 0 Å². The summed E-state index contributed by atoms with van der Waals surface area (Å²) in [6, 6.07) is 11.2. The molecule has 2 aliphatic heterocycles. The summed E-state index contributed by atoms with van der Waals surface area (Å²) in [5.74, 6) is 0.0314. The Balaban J connectivity index is 1.75. The molecule has 1 saturated heterocycles. The van der Waals surface area contributed by atoms with Gasteiger partial charge in [-0.15, -0.1) is 0 Å². The maximum absolute atomic E-state index is 13.6. The molecule has 2 amide bonds. The van der Waals surface area contributed by atoms with Crippen LogP contribution in [0.2, 0.25) is 0 Å². The fraction of sp³-hybridized carbons (Fsp3) is 0.375. The lowest BCUT2D eigenvalue weighted by atomic mass is 9.99. The molecule has 1 aromatic heterocycles. The maximum atomic E-state index is 13.6. The first kappa shape index (κ1) is 21.1. The predicted octanol–water partition coefficient (Wildman–Crippen LogP) is 2.40. The van der Waals surface area contributed by atoms with Crippen LogP contribution in [0, 0.1) is 0 Å². The van der Waals surface area contributed by atoms with E-state index in [2.05, 4.69) is 16.9 Å². The third kappa shape index (κ3) is 4.05. The van der Waals surface area contributed by atoms with E-state index in [1.165, 1.54) is 4.90 Å². The normalized spacial score (nSPS) is 18.1. The molecule has 7 heteroatoms. The molecule has 31 heavy (non-hydrogen) atoms. The van der Waals surface area contributed by atoms with E-state index in [-0.39, 0.29) is 24.4 Å². The summed E-state index contributed by atoms with van der Waals surface area (Å²) >= 11 is 0. The number of hydrogen-bond donors (Lipinski definition) is 0. The Morgan fingerprint density at radius 3 is 2.42 bits per heavy atom. The van der Waals surface area contributed by atoms with E-state index in [0.29, 0.717) is 22.6 Å². The molecule has 0 saturated carbocycles. The van der Waals surface area contributed by atoms with Crippen molar-refractivity contribution in [1.29, 1.82) is 0 Å².